The van der Waals surface area contributed by atoms with Gasteiger partial charge in [-0.2, -0.15) is 5.10 Å². The highest BCUT2D eigenvalue weighted by atomic mass is 15.2. The standard InChI is InChI=1S/C16H16N4/c1-11-7-8-13(10-18-11)16-14(9-15(17)19-20-16)12-5-3-2-4-6-12/h2-8,10,14H,9H2,1H3,(H2,17,19). The number of benzene rings is 1. The molecule has 0 amide bonds. The molecule has 1 unspecified atom stereocenters. The van der Waals surface area contributed by atoms with Gasteiger partial charge < -0.3 is 5.73 Å². The zero-order valence-corrected chi connectivity index (χ0v) is 11.3. The van der Waals surface area contributed by atoms with Crippen molar-refractivity contribution in [3.63, 3.8) is 0 Å². The number of aromatic nitrogens is 1. The third-order valence-electron chi connectivity index (χ3n) is 3.44. The van der Waals surface area contributed by atoms with Crippen molar-refractivity contribution in [1.82, 2.24) is 4.98 Å². The summed E-state index contributed by atoms with van der Waals surface area (Å²) in [5.41, 5.74) is 9.97. The fourth-order valence-electron chi connectivity index (χ4n) is 2.37. The monoisotopic (exact) mass is 264 g/mol. The Hall–Kier alpha value is -2.49. The third-order valence-corrected chi connectivity index (χ3v) is 3.44. The average molecular weight is 264 g/mol. The topological polar surface area (TPSA) is 63.6 Å². The van der Waals surface area contributed by atoms with Gasteiger partial charge in [-0.25, -0.2) is 0 Å². The Balaban J connectivity index is 2.03. The highest BCUT2D eigenvalue weighted by molar-refractivity contribution is 6.08. The van der Waals surface area contributed by atoms with Crippen LogP contribution >= 0.6 is 0 Å². The van der Waals surface area contributed by atoms with Crippen molar-refractivity contribution >= 4 is 11.5 Å². The van der Waals surface area contributed by atoms with Crippen molar-refractivity contribution in [3.8, 4) is 0 Å². The molecule has 1 atom stereocenters. The minimum atomic E-state index is 0.137. The van der Waals surface area contributed by atoms with Gasteiger partial charge in [-0.3, -0.25) is 4.98 Å². The smallest absolute Gasteiger partial charge is 0.123 e. The van der Waals surface area contributed by atoms with Crippen LogP contribution in [-0.2, 0) is 0 Å². The summed E-state index contributed by atoms with van der Waals surface area (Å²) in [6.07, 6.45) is 2.54. The average Bonchev–Trinajstić information content (AvgIpc) is 2.49. The van der Waals surface area contributed by atoms with Crippen LogP contribution in [0.1, 0.15) is 29.2 Å². The van der Waals surface area contributed by atoms with Crippen LogP contribution in [0, 0.1) is 6.92 Å². The summed E-state index contributed by atoms with van der Waals surface area (Å²) in [6, 6.07) is 14.3. The summed E-state index contributed by atoms with van der Waals surface area (Å²) in [7, 11) is 0. The lowest BCUT2D eigenvalue weighted by Crippen LogP contribution is -2.25. The van der Waals surface area contributed by atoms with Crippen LogP contribution in [-0.4, -0.2) is 16.5 Å². The Labute approximate surface area is 118 Å². The van der Waals surface area contributed by atoms with E-state index in [-0.39, 0.29) is 5.92 Å². The van der Waals surface area contributed by atoms with Crippen molar-refractivity contribution in [2.24, 2.45) is 15.9 Å². The molecule has 0 aliphatic carbocycles. The first-order valence-corrected chi connectivity index (χ1v) is 6.62. The second kappa shape index (κ2) is 5.25. The largest absolute Gasteiger partial charge is 0.386 e. The summed E-state index contributed by atoms with van der Waals surface area (Å²) in [6.45, 7) is 1.97. The van der Waals surface area contributed by atoms with E-state index in [0.717, 1.165) is 17.0 Å². The molecule has 3 rings (SSSR count). The summed E-state index contributed by atoms with van der Waals surface area (Å²) in [4.78, 5) is 4.34. The van der Waals surface area contributed by atoms with Gasteiger partial charge in [-0.15, -0.1) is 5.10 Å². The van der Waals surface area contributed by atoms with Crippen molar-refractivity contribution in [2.75, 3.05) is 0 Å². The van der Waals surface area contributed by atoms with Gasteiger partial charge in [0.2, 0.25) is 0 Å². The van der Waals surface area contributed by atoms with Crippen LogP contribution < -0.4 is 5.73 Å². The highest BCUT2D eigenvalue weighted by Crippen LogP contribution is 2.27. The Morgan fingerprint density at radius 2 is 1.85 bits per heavy atom. The number of pyridine rings is 1. The molecule has 20 heavy (non-hydrogen) atoms. The molecule has 100 valence electrons. The summed E-state index contributed by atoms with van der Waals surface area (Å²) >= 11 is 0. The second-order valence-corrected chi connectivity index (χ2v) is 4.93. The fraction of sp³-hybridized carbons (Fsp3) is 0.188. The molecule has 2 aromatic rings. The van der Waals surface area contributed by atoms with E-state index in [1.807, 2.05) is 43.5 Å². The summed E-state index contributed by atoms with van der Waals surface area (Å²) < 4.78 is 0. The van der Waals surface area contributed by atoms with E-state index in [9.17, 15) is 0 Å². The van der Waals surface area contributed by atoms with Gasteiger partial charge in [0.25, 0.3) is 0 Å². The van der Waals surface area contributed by atoms with E-state index in [2.05, 4.69) is 27.3 Å². The zero-order valence-electron chi connectivity index (χ0n) is 11.3. The molecule has 0 saturated heterocycles. The van der Waals surface area contributed by atoms with E-state index >= 15 is 0 Å². The first-order chi connectivity index (χ1) is 9.74. The lowest BCUT2D eigenvalue weighted by molar-refractivity contribution is 0.885. The molecule has 1 aromatic carbocycles. The molecule has 4 nitrogen and oxygen atoms in total. The Morgan fingerprint density at radius 3 is 2.55 bits per heavy atom. The number of aryl methyl sites for hydroxylation is 1. The minimum Gasteiger partial charge on any atom is -0.386 e. The molecule has 0 radical (unpaired) electrons. The molecule has 4 heteroatoms. The van der Waals surface area contributed by atoms with Crippen molar-refractivity contribution in [2.45, 2.75) is 19.3 Å². The Kier molecular flexibility index (Phi) is 3.29. The number of nitrogens with zero attached hydrogens (tertiary/aromatic N) is 3. The van der Waals surface area contributed by atoms with Gasteiger partial charge in [0.1, 0.15) is 5.84 Å². The van der Waals surface area contributed by atoms with Crippen LogP contribution in [0.4, 0.5) is 0 Å². The maximum atomic E-state index is 5.85. The van der Waals surface area contributed by atoms with Crippen LogP contribution in [0.2, 0.25) is 0 Å². The van der Waals surface area contributed by atoms with E-state index < -0.39 is 0 Å². The van der Waals surface area contributed by atoms with Crippen LogP contribution in [0.3, 0.4) is 0 Å². The van der Waals surface area contributed by atoms with Gasteiger partial charge in [-0.05, 0) is 24.6 Å². The number of amidine groups is 1. The van der Waals surface area contributed by atoms with E-state index in [0.29, 0.717) is 12.3 Å². The molecule has 2 heterocycles. The quantitative estimate of drug-likeness (QED) is 0.906. The number of rotatable bonds is 2. The van der Waals surface area contributed by atoms with E-state index in [4.69, 9.17) is 5.73 Å². The van der Waals surface area contributed by atoms with Crippen molar-refractivity contribution in [1.29, 1.82) is 0 Å². The molecule has 0 bridgehead atoms. The lowest BCUT2D eigenvalue weighted by atomic mass is 9.87. The number of nitrogens with two attached hydrogens (primary N) is 1. The first kappa shape index (κ1) is 12.5. The number of hydrogen-bond donors (Lipinski definition) is 1. The molecule has 2 N–H and O–H groups in total. The molecule has 1 aliphatic heterocycles. The van der Waals surface area contributed by atoms with Gasteiger partial charge in [-0.1, -0.05) is 30.3 Å². The molecule has 1 aromatic heterocycles. The van der Waals surface area contributed by atoms with Gasteiger partial charge in [0.05, 0.1) is 5.71 Å². The predicted molar refractivity (Wildman–Crippen MR) is 80.9 cm³/mol. The Bertz CT molecular complexity index is 657. The van der Waals surface area contributed by atoms with Gasteiger partial charge in [0, 0.05) is 29.8 Å². The summed E-state index contributed by atoms with van der Waals surface area (Å²) in [5.74, 6) is 0.709. The normalized spacial score (nSPS) is 18.4. The first-order valence-electron chi connectivity index (χ1n) is 6.62. The SMILES string of the molecule is Cc1ccc(C2=NN=C(N)CC2c2ccccc2)cn1. The van der Waals surface area contributed by atoms with Crippen LogP contribution in [0.15, 0.2) is 58.9 Å². The third kappa shape index (κ3) is 2.45. The van der Waals surface area contributed by atoms with Crippen molar-refractivity contribution in [3.05, 3.63) is 65.5 Å². The molecule has 0 spiro atoms. The van der Waals surface area contributed by atoms with E-state index in [1.54, 1.807) is 0 Å². The molecule has 0 saturated carbocycles. The maximum absolute atomic E-state index is 5.85. The van der Waals surface area contributed by atoms with Crippen molar-refractivity contribution < 1.29 is 0 Å². The molecular weight excluding hydrogens is 248 g/mol. The van der Waals surface area contributed by atoms with Gasteiger partial charge >= 0.3 is 0 Å². The maximum Gasteiger partial charge on any atom is 0.123 e. The Morgan fingerprint density at radius 1 is 1.05 bits per heavy atom. The van der Waals surface area contributed by atoms with Crippen LogP contribution in [0.25, 0.3) is 0 Å². The minimum absolute atomic E-state index is 0.137. The molecule has 1 aliphatic rings. The highest BCUT2D eigenvalue weighted by Gasteiger charge is 2.24. The molecule has 0 fully saturated rings. The summed E-state index contributed by atoms with van der Waals surface area (Å²) in [5, 5.41) is 8.35. The zero-order chi connectivity index (χ0) is 13.9. The fourth-order valence-corrected chi connectivity index (χ4v) is 2.37. The van der Waals surface area contributed by atoms with E-state index in [1.165, 1.54) is 5.56 Å². The predicted octanol–water partition coefficient (Wildman–Crippen LogP) is 2.64. The van der Waals surface area contributed by atoms with Crippen LogP contribution in [0.5, 0.6) is 0 Å². The molecular formula is C16H16N4. The lowest BCUT2D eigenvalue weighted by Gasteiger charge is -2.21. The van der Waals surface area contributed by atoms with Gasteiger partial charge in [0.15, 0.2) is 0 Å². The number of hydrogen-bond acceptors (Lipinski definition) is 4. The second-order valence-electron chi connectivity index (χ2n) is 4.93.